The molecule has 2 rings (SSSR count). The number of methoxy groups -OCH3 is 1. The van der Waals surface area contributed by atoms with Crippen molar-refractivity contribution in [3.8, 4) is 5.75 Å². The Bertz CT molecular complexity index is 821. The highest BCUT2D eigenvalue weighted by Crippen LogP contribution is 2.28. The number of hydrogen-bond acceptors (Lipinski definition) is 4. The lowest BCUT2D eigenvalue weighted by Gasteiger charge is -2.11. The molecular weight excluding hydrogens is 320 g/mol. The van der Waals surface area contributed by atoms with E-state index in [1.807, 2.05) is 19.1 Å². The highest BCUT2D eigenvalue weighted by molar-refractivity contribution is 6.09. The number of aromatic nitrogens is 1. The lowest BCUT2D eigenvalue weighted by Crippen LogP contribution is -2.15. The molecule has 0 saturated carbocycles. The lowest BCUT2D eigenvalue weighted by atomic mass is 10.1. The average Bonchev–Trinajstić information content (AvgIpc) is 2.77. The number of carbonyl (C=O) groups is 2. The molecule has 0 atom stereocenters. The first-order chi connectivity index (χ1) is 11.8. The number of nitrogens with one attached hydrogen (secondary N) is 1. The monoisotopic (exact) mass is 344 g/mol. The molecule has 1 aromatic heterocycles. The van der Waals surface area contributed by atoms with Gasteiger partial charge in [-0.3, -0.25) is 4.79 Å². The van der Waals surface area contributed by atoms with Crippen LogP contribution in [0.25, 0.3) is 0 Å². The molecule has 0 aliphatic heterocycles. The van der Waals surface area contributed by atoms with Crippen molar-refractivity contribution in [1.82, 2.24) is 4.57 Å². The number of esters is 1. The molecule has 0 unspecified atom stereocenters. The van der Waals surface area contributed by atoms with Crippen LogP contribution in [0, 0.1) is 20.8 Å². The molecule has 0 aliphatic carbocycles. The van der Waals surface area contributed by atoms with Gasteiger partial charge in [0.25, 0.3) is 5.91 Å². The van der Waals surface area contributed by atoms with E-state index >= 15 is 0 Å². The van der Waals surface area contributed by atoms with Gasteiger partial charge < -0.3 is 19.4 Å². The number of rotatable bonds is 5. The Balaban J connectivity index is 2.43. The summed E-state index contributed by atoms with van der Waals surface area (Å²) in [7, 11) is 3.30. The van der Waals surface area contributed by atoms with E-state index in [0.717, 1.165) is 5.56 Å². The van der Waals surface area contributed by atoms with Gasteiger partial charge in [0.1, 0.15) is 11.4 Å². The Morgan fingerprint density at radius 3 is 2.48 bits per heavy atom. The third-order valence-corrected chi connectivity index (χ3v) is 4.23. The second-order valence-electron chi connectivity index (χ2n) is 5.87. The average molecular weight is 344 g/mol. The molecule has 0 fully saturated rings. The van der Waals surface area contributed by atoms with E-state index in [9.17, 15) is 9.59 Å². The highest BCUT2D eigenvalue weighted by atomic mass is 16.5. The van der Waals surface area contributed by atoms with Gasteiger partial charge in [-0.1, -0.05) is 6.07 Å². The highest BCUT2D eigenvalue weighted by Gasteiger charge is 2.26. The summed E-state index contributed by atoms with van der Waals surface area (Å²) in [5.41, 5.74) is 3.75. The van der Waals surface area contributed by atoms with Gasteiger partial charge >= 0.3 is 5.97 Å². The molecule has 25 heavy (non-hydrogen) atoms. The largest absolute Gasteiger partial charge is 0.495 e. The van der Waals surface area contributed by atoms with Crippen LogP contribution in [0.15, 0.2) is 18.2 Å². The van der Waals surface area contributed by atoms with Gasteiger partial charge in [-0.05, 0) is 51.0 Å². The minimum absolute atomic E-state index is 0.282. The normalized spacial score (nSPS) is 10.5. The van der Waals surface area contributed by atoms with Crippen molar-refractivity contribution < 1.29 is 19.1 Å². The molecule has 0 spiro atoms. The Labute approximate surface area is 147 Å². The van der Waals surface area contributed by atoms with Crippen molar-refractivity contribution in [2.45, 2.75) is 27.7 Å². The number of ether oxygens (including phenoxy) is 2. The van der Waals surface area contributed by atoms with Crippen molar-refractivity contribution in [2.24, 2.45) is 7.05 Å². The summed E-state index contributed by atoms with van der Waals surface area (Å²) in [5.74, 6) is -0.140. The summed E-state index contributed by atoms with van der Waals surface area (Å²) in [6, 6.07) is 5.56. The third kappa shape index (κ3) is 3.52. The van der Waals surface area contributed by atoms with Crippen LogP contribution in [-0.4, -0.2) is 30.2 Å². The molecule has 0 saturated heterocycles. The molecule has 6 heteroatoms. The molecule has 0 aliphatic rings. The fraction of sp³-hybridized carbons (Fsp3) is 0.368. The van der Waals surface area contributed by atoms with Gasteiger partial charge in [-0.2, -0.15) is 0 Å². The quantitative estimate of drug-likeness (QED) is 0.844. The molecule has 0 radical (unpaired) electrons. The minimum atomic E-state index is -0.433. The molecule has 1 aromatic carbocycles. The maximum absolute atomic E-state index is 12.8. The first kappa shape index (κ1) is 18.6. The number of amides is 1. The third-order valence-electron chi connectivity index (χ3n) is 4.23. The predicted octanol–water partition coefficient (Wildman–Crippen LogP) is 3.39. The van der Waals surface area contributed by atoms with Crippen LogP contribution in [0.3, 0.4) is 0 Å². The van der Waals surface area contributed by atoms with Crippen molar-refractivity contribution in [2.75, 3.05) is 19.0 Å². The molecule has 134 valence electrons. The zero-order chi connectivity index (χ0) is 18.7. The first-order valence-electron chi connectivity index (χ1n) is 8.10. The zero-order valence-electron chi connectivity index (χ0n) is 15.5. The number of carbonyl (C=O) groups excluding carboxylic acids is 2. The number of hydrogen-bond donors (Lipinski definition) is 1. The van der Waals surface area contributed by atoms with Gasteiger partial charge in [0, 0.05) is 12.7 Å². The number of aryl methyl sites for hydroxylation is 1. The van der Waals surface area contributed by atoms with E-state index in [2.05, 4.69) is 5.32 Å². The van der Waals surface area contributed by atoms with Crippen molar-refractivity contribution >= 4 is 17.6 Å². The Morgan fingerprint density at radius 1 is 1.20 bits per heavy atom. The molecule has 1 N–H and O–H groups in total. The Hall–Kier alpha value is -2.76. The minimum Gasteiger partial charge on any atom is -0.495 e. The first-order valence-corrected chi connectivity index (χ1v) is 8.10. The van der Waals surface area contributed by atoms with Crippen molar-refractivity contribution in [3.63, 3.8) is 0 Å². The van der Waals surface area contributed by atoms with Gasteiger partial charge in [0.2, 0.25) is 0 Å². The smallest absolute Gasteiger partial charge is 0.355 e. The van der Waals surface area contributed by atoms with Crippen LogP contribution in [0.1, 0.15) is 44.6 Å². The van der Waals surface area contributed by atoms with Crippen LogP contribution in [0.4, 0.5) is 5.69 Å². The summed E-state index contributed by atoms with van der Waals surface area (Å²) in [4.78, 5) is 25.0. The number of anilines is 1. The lowest BCUT2D eigenvalue weighted by molar-refractivity contribution is 0.0514. The van der Waals surface area contributed by atoms with E-state index in [4.69, 9.17) is 9.47 Å². The molecule has 1 heterocycles. The summed E-state index contributed by atoms with van der Waals surface area (Å²) in [5, 5.41) is 2.88. The van der Waals surface area contributed by atoms with Gasteiger partial charge in [0.15, 0.2) is 0 Å². The molecule has 6 nitrogen and oxygen atoms in total. The van der Waals surface area contributed by atoms with Crippen LogP contribution in [0.5, 0.6) is 5.75 Å². The van der Waals surface area contributed by atoms with Crippen LogP contribution < -0.4 is 10.1 Å². The van der Waals surface area contributed by atoms with Crippen LogP contribution in [-0.2, 0) is 11.8 Å². The summed E-state index contributed by atoms with van der Waals surface area (Å²) in [6.45, 7) is 7.53. The molecule has 1 amide bonds. The predicted molar refractivity (Wildman–Crippen MR) is 96.5 cm³/mol. The maximum atomic E-state index is 12.8. The van der Waals surface area contributed by atoms with E-state index in [0.29, 0.717) is 34.0 Å². The summed E-state index contributed by atoms with van der Waals surface area (Å²) in [6.07, 6.45) is 0. The Kier molecular flexibility index (Phi) is 5.51. The number of nitrogens with zero attached hydrogens (tertiary/aromatic N) is 1. The number of benzene rings is 1. The summed E-state index contributed by atoms with van der Waals surface area (Å²) < 4.78 is 12.1. The van der Waals surface area contributed by atoms with E-state index in [1.54, 1.807) is 45.6 Å². The van der Waals surface area contributed by atoms with E-state index in [1.165, 1.54) is 0 Å². The second-order valence-corrected chi connectivity index (χ2v) is 5.87. The van der Waals surface area contributed by atoms with Gasteiger partial charge in [-0.25, -0.2) is 4.79 Å². The van der Waals surface area contributed by atoms with Crippen molar-refractivity contribution in [3.05, 3.63) is 46.3 Å². The SMILES string of the molecule is CCOC(=O)c1c(C)c(C(=O)Nc2cc(C)ccc2OC)c(C)n1C. The van der Waals surface area contributed by atoms with Crippen LogP contribution >= 0.6 is 0 Å². The van der Waals surface area contributed by atoms with Gasteiger partial charge in [-0.15, -0.1) is 0 Å². The van der Waals surface area contributed by atoms with Gasteiger partial charge in [0.05, 0.1) is 25.0 Å². The van der Waals surface area contributed by atoms with Crippen molar-refractivity contribution in [1.29, 1.82) is 0 Å². The second kappa shape index (κ2) is 7.42. The molecular formula is C19H24N2O4. The van der Waals surface area contributed by atoms with Crippen LogP contribution in [0.2, 0.25) is 0 Å². The fourth-order valence-electron chi connectivity index (χ4n) is 2.91. The standard InChI is InChI=1S/C19H24N2O4/c1-7-25-19(23)17-12(3)16(13(4)21(17)5)18(22)20-14-10-11(2)8-9-15(14)24-6/h8-10H,7H2,1-6H3,(H,20,22). The maximum Gasteiger partial charge on any atom is 0.355 e. The molecule has 0 bridgehead atoms. The van der Waals surface area contributed by atoms with E-state index < -0.39 is 5.97 Å². The zero-order valence-corrected chi connectivity index (χ0v) is 15.5. The van der Waals surface area contributed by atoms with E-state index in [-0.39, 0.29) is 12.5 Å². The topological polar surface area (TPSA) is 69.6 Å². The fourth-order valence-corrected chi connectivity index (χ4v) is 2.91. The Morgan fingerprint density at radius 2 is 1.88 bits per heavy atom. The summed E-state index contributed by atoms with van der Waals surface area (Å²) >= 11 is 0. The molecule has 2 aromatic rings.